The Morgan fingerprint density at radius 1 is 1.06 bits per heavy atom. The molecule has 8 heteroatoms. The quantitative estimate of drug-likeness (QED) is 0.486. The molecule has 0 aliphatic carbocycles. The van der Waals surface area contributed by atoms with Gasteiger partial charge in [-0.3, -0.25) is 14.4 Å². The molecule has 1 amide bonds. The Balaban J connectivity index is 1.41. The zero-order valence-electron chi connectivity index (χ0n) is 18.0. The number of carbonyl (C=O) groups is 1. The summed E-state index contributed by atoms with van der Waals surface area (Å²) in [4.78, 5) is 21.0. The van der Waals surface area contributed by atoms with Gasteiger partial charge in [-0.15, -0.1) is 0 Å². The van der Waals surface area contributed by atoms with E-state index >= 15 is 0 Å². The van der Waals surface area contributed by atoms with E-state index in [1.165, 1.54) is 4.59 Å². The van der Waals surface area contributed by atoms with Crippen molar-refractivity contribution in [3.05, 3.63) is 77.0 Å². The second-order valence-electron chi connectivity index (χ2n) is 8.08. The smallest absolute Gasteiger partial charge is 0.269 e. The van der Waals surface area contributed by atoms with Crippen molar-refractivity contribution in [2.45, 2.75) is 26.8 Å². The molecule has 2 N–H and O–H groups in total. The van der Waals surface area contributed by atoms with E-state index in [4.69, 9.17) is 7.98 Å². The van der Waals surface area contributed by atoms with Crippen LogP contribution in [-0.4, -0.2) is 33.5 Å². The van der Waals surface area contributed by atoms with E-state index in [9.17, 15) is 4.79 Å². The van der Waals surface area contributed by atoms with Crippen LogP contribution in [0.4, 0.5) is 11.6 Å². The molecule has 0 bridgehead atoms. The predicted octanol–water partition coefficient (Wildman–Crippen LogP) is 4.10. The van der Waals surface area contributed by atoms with Crippen LogP contribution in [-0.2, 0) is 0 Å². The first-order valence-corrected chi connectivity index (χ1v) is 10.4. The van der Waals surface area contributed by atoms with E-state index in [0.29, 0.717) is 17.3 Å². The molecule has 32 heavy (non-hydrogen) atoms. The van der Waals surface area contributed by atoms with E-state index in [2.05, 4.69) is 31.8 Å². The molecule has 2 radical (unpaired) electrons. The maximum atomic E-state index is 11.9. The highest BCUT2D eigenvalue weighted by atomic mass is 16.2. The van der Waals surface area contributed by atoms with Crippen LogP contribution in [0.2, 0.25) is 0 Å². The van der Waals surface area contributed by atoms with E-state index in [-0.39, 0.29) is 11.9 Å². The molecule has 1 atom stereocenters. The number of hydrogen-bond donors (Lipinski definition) is 2. The molecule has 7 nitrogen and oxygen atoms in total. The average Bonchev–Trinajstić information content (AvgIpc) is 3.27. The van der Waals surface area contributed by atoms with E-state index in [1.54, 1.807) is 6.07 Å². The van der Waals surface area contributed by atoms with Gasteiger partial charge in [-0.2, -0.15) is 10.1 Å². The van der Waals surface area contributed by atoms with E-state index in [0.717, 1.165) is 39.2 Å². The minimum Gasteiger partial charge on any atom is -0.345 e. The topological polar surface area (TPSA) is 84.7 Å². The van der Waals surface area contributed by atoms with Gasteiger partial charge in [0.25, 0.3) is 13.9 Å². The molecule has 1 unspecified atom stereocenters. The van der Waals surface area contributed by atoms with Gasteiger partial charge in [-0.1, -0.05) is 18.2 Å². The van der Waals surface area contributed by atoms with Crippen LogP contribution in [0.15, 0.2) is 54.7 Å². The molecule has 1 aliphatic heterocycles. The Morgan fingerprint density at radius 2 is 1.88 bits per heavy atom. The average molecular weight is 420 g/mol. The SMILES string of the molecule is [B]n1nc(-c2ccc(-c3ccc(C)cn3)c(C)c2)nc1Nc1ccc2c(c1)C(C)NC2=O. The molecule has 4 aromatic rings. The minimum absolute atomic E-state index is 0.0323. The van der Waals surface area contributed by atoms with Gasteiger partial charge in [0.05, 0.1) is 11.7 Å². The number of amides is 1. The number of benzene rings is 2. The van der Waals surface area contributed by atoms with Crippen LogP contribution in [0.1, 0.15) is 40.0 Å². The predicted molar refractivity (Wildman–Crippen MR) is 125 cm³/mol. The first-order valence-electron chi connectivity index (χ1n) is 10.4. The Bertz CT molecular complexity index is 1350. The number of aryl methyl sites for hydroxylation is 2. The van der Waals surface area contributed by atoms with Crippen molar-refractivity contribution < 1.29 is 4.79 Å². The lowest BCUT2D eigenvalue weighted by atomic mass is 10.0. The maximum absolute atomic E-state index is 11.9. The van der Waals surface area contributed by atoms with Crippen molar-refractivity contribution in [3.63, 3.8) is 0 Å². The van der Waals surface area contributed by atoms with Crippen molar-refractivity contribution in [3.8, 4) is 22.6 Å². The molecule has 0 saturated heterocycles. The van der Waals surface area contributed by atoms with Crippen molar-refractivity contribution in [2.24, 2.45) is 0 Å². The summed E-state index contributed by atoms with van der Waals surface area (Å²) in [5, 5.41) is 10.5. The molecule has 0 saturated carbocycles. The Labute approximate surface area is 187 Å². The fourth-order valence-corrected chi connectivity index (χ4v) is 3.93. The van der Waals surface area contributed by atoms with Gasteiger partial charge in [-0.05, 0) is 67.8 Å². The van der Waals surface area contributed by atoms with Crippen molar-refractivity contribution in [1.82, 2.24) is 25.0 Å². The monoisotopic (exact) mass is 420 g/mol. The molecule has 156 valence electrons. The minimum atomic E-state index is -0.0528. The first-order chi connectivity index (χ1) is 15.4. The summed E-state index contributed by atoms with van der Waals surface area (Å²) in [7, 11) is 6.07. The maximum Gasteiger partial charge on any atom is 0.269 e. The number of nitrogens with zero attached hydrogens (tertiary/aromatic N) is 4. The first kappa shape index (κ1) is 20.0. The van der Waals surface area contributed by atoms with Crippen LogP contribution in [0.3, 0.4) is 0 Å². The summed E-state index contributed by atoms with van der Waals surface area (Å²) in [6.07, 6.45) is 1.87. The highest BCUT2D eigenvalue weighted by molar-refractivity contribution is 6.07. The Morgan fingerprint density at radius 3 is 2.62 bits per heavy atom. The molecule has 0 spiro atoms. The molecule has 5 rings (SSSR count). The van der Waals surface area contributed by atoms with E-state index < -0.39 is 0 Å². The standard InChI is InChI=1S/C24H21BN6O/c1-13-4-9-21(26-12-13)18-7-5-16(10-14(18)2)22-29-24(31(25)30-22)28-17-6-8-19-20(11-17)15(3)27-23(19)32/h4-12,15H,1-3H3,(H,27,32)(H,28,29,30). The molecular formula is C24H21BN6O. The number of hydrogen-bond acceptors (Lipinski definition) is 5. The van der Waals surface area contributed by atoms with Gasteiger partial charge < -0.3 is 10.6 Å². The van der Waals surface area contributed by atoms with Gasteiger partial charge in [0.2, 0.25) is 5.95 Å². The normalized spacial score (nSPS) is 14.8. The molecule has 2 aromatic carbocycles. The summed E-state index contributed by atoms with van der Waals surface area (Å²) in [5.41, 5.74) is 7.48. The number of aromatic nitrogens is 4. The summed E-state index contributed by atoms with van der Waals surface area (Å²) < 4.78 is 1.22. The Kier molecular flexibility index (Phi) is 4.77. The van der Waals surface area contributed by atoms with Gasteiger partial charge >= 0.3 is 0 Å². The second-order valence-corrected chi connectivity index (χ2v) is 8.08. The molecule has 0 fully saturated rings. The Hall–Kier alpha value is -3.94. The largest absolute Gasteiger partial charge is 0.345 e. The number of pyridine rings is 1. The zero-order chi connectivity index (χ0) is 22.4. The van der Waals surface area contributed by atoms with E-state index in [1.807, 2.05) is 63.4 Å². The van der Waals surface area contributed by atoms with Crippen LogP contribution in [0, 0.1) is 13.8 Å². The lowest BCUT2D eigenvalue weighted by molar-refractivity contribution is 0.0958. The summed E-state index contributed by atoms with van der Waals surface area (Å²) in [6.45, 7) is 6.02. The van der Waals surface area contributed by atoms with Crippen LogP contribution in [0.25, 0.3) is 22.6 Å². The summed E-state index contributed by atoms with van der Waals surface area (Å²) >= 11 is 0. The third-order valence-corrected chi connectivity index (χ3v) is 5.67. The second kappa shape index (κ2) is 7.64. The number of nitrogens with one attached hydrogen (secondary N) is 2. The lowest BCUT2D eigenvalue weighted by Gasteiger charge is -2.08. The third kappa shape index (κ3) is 3.53. The lowest BCUT2D eigenvalue weighted by Crippen LogP contribution is -2.16. The van der Waals surface area contributed by atoms with Crippen LogP contribution in [0.5, 0.6) is 0 Å². The highest BCUT2D eigenvalue weighted by Crippen LogP contribution is 2.30. The molecular weight excluding hydrogens is 399 g/mol. The zero-order valence-corrected chi connectivity index (χ0v) is 18.0. The number of rotatable bonds is 4. The number of carbonyl (C=O) groups excluding carboxylic acids is 1. The van der Waals surface area contributed by atoms with Gasteiger partial charge in [-0.25, -0.2) is 0 Å². The molecule has 2 aromatic heterocycles. The van der Waals surface area contributed by atoms with Crippen LogP contribution >= 0.6 is 0 Å². The van der Waals surface area contributed by atoms with Gasteiger partial charge in [0.1, 0.15) is 0 Å². The fourth-order valence-electron chi connectivity index (χ4n) is 3.93. The number of fused-ring (bicyclic) bond motifs is 1. The summed E-state index contributed by atoms with van der Waals surface area (Å²) in [5.74, 6) is 0.877. The van der Waals surface area contributed by atoms with Gasteiger partial charge in [0.15, 0.2) is 5.82 Å². The fraction of sp³-hybridized carbons (Fsp3) is 0.167. The molecule has 3 heterocycles. The van der Waals surface area contributed by atoms with Crippen molar-refractivity contribution in [1.29, 1.82) is 0 Å². The number of anilines is 2. The van der Waals surface area contributed by atoms with Crippen molar-refractivity contribution in [2.75, 3.05) is 5.32 Å². The third-order valence-electron chi connectivity index (χ3n) is 5.67. The molecule has 1 aliphatic rings. The highest BCUT2D eigenvalue weighted by Gasteiger charge is 2.25. The van der Waals surface area contributed by atoms with Gasteiger partial charge in [0, 0.05) is 28.6 Å². The summed E-state index contributed by atoms with van der Waals surface area (Å²) in [6, 6.07) is 15.6. The van der Waals surface area contributed by atoms with Crippen LogP contribution < -0.4 is 10.6 Å². The van der Waals surface area contributed by atoms with Crippen molar-refractivity contribution >= 4 is 25.5 Å².